The van der Waals surface area contributed by atoms with Crippen molar-refractivity contribution in [2.75, 3.05) is 13.1 Å². The Morgan fingerprint density at radius 1 is 1.26 bits per heavy atom. The Balaban J connectivity index is 1.46. The van der Waals surface area contributed by atoms with Crippen LogP contribution in [0.2, 0.25) is 0 Å². The fourth-order valence-electron chi connectivity index (χ4n) is 3.71. The van der Waals surface area contributed by atoms with Crippen LogP contribution in [0, 0.1) is 5.92 Å². The molecule has 1 saturated carbocycles. The van der Waals surface area contributed by atoms with Gasteiger partial charge in [0.2, 0.25) is 0 Å². The second-order valence-corrected chi connectivity index (χ2v) is 6.66. The highest BCUT2D eigenvalue weighted by Crippen LogP contribution is 2.31. The summed E-state index contributed by atoms with van der Waals surface area (Å²) in [7, 11) is 0. The zero-order valence-electron chi connectivity index (χ0n) is 11.6. The van der Waals surface area contributed by atoms with Gasteiger partial charge in [-0.05, 0) is 38.1 Å². The first-order chi connectivity index (χ1) is 9.43. The molecule has 3 rings (SSSR count). The number of aromatic nitrogens is 1. The van der Waals surface area contributed by atoms with Crippen LogP contribution in [0.5, 0.6) is 0 Å². The molecule has 1 aliphatic heterocycles. The molecule has 106 valence electrons. The van der Waals surface area contributed by atoms with Crippen molar-refractivity contribution in [3.63, 3.8) is 0 Å². The van der Waals surface area contributed by atoms with E-state index in [1.54, 1.807) is 11.3 Å². The second-order valence-electron chi connectivity index (χ2n) is 5.94. The maximum Gasteiger partial charge on any atom is 0.0794 e. The van der Waals surface area contributed by atoms with E-state index in [-0.39, 0.29) is 0 Å². The molecule has 1 saturated heterocycles. The molecule has 0 bridgehead atoms. The van der Waals surface area contributed by atoms with Crippen LogP contribution in [0.15, 0.2) is 10.9 Å². The van der Waals surface area contributed by atoms with E-state index in [1.165, 1.54) is 50.8 Å². The molecule has 0 spiro atoms. The zero-order chi connectivity index (χ0) is 12.9. The predicted molar refractivity (Wildman–Crippen MR) is 80.6 cm³/mol. The van der Waals surface area contributed by atoms with Gasteiger partial charge in [0.1, 0.15) is 0 Å². The Bertz CT molecular complexity index is 359. The van der Waals surface area contributed by atoms with Gasteiger partial charge in [-0.15, -0.1) is 11.3 Å². The molecule has 0 aromatic carbocycles. The van der Waals surface area contributed by atoms with Gasteiger partial charge in [-0.2, -0.15) is 0 Å². The first kappa shape index (κ1) is 13.5. The van der Waals surface area contributed by atoms with Crippen LogP contribution in [0.3, 0.4) is 0 Å². The zero-order valence-corrected chi connectivity index (χ0v) is 12.4. The third kappa shape index (κ3) is 3.56. The summed E-state index contributed by atoms with van der Waals surface area (Å²) in [5.41, 5.74) is 3.17. The Labute approximate surface area is 120 Å². The van der Waals surface area contributed by atoms with Crippen LogP contribution >= 0.6 is 11.3 Å². The average molecular weight is 279 g/mol. The maximum atomic E-state index is 4.36. The Kier molecular flexibility index (Phi) is 4.86. The van der Waals surface area contributed by atoms with Crippen molar-refractivity contribution in [1.82, 2.24) is 15.6 Å². The monoisotopic (exact) mass is 279 g/mol. The van der Waals surface area contributed by atoms with Crippen LogP contribution < -0.4 is 10.6 Å². The first-order valence-corrected chi connectivity index (χ1v) is 8.71. The maximum absolute atomic E-state index is 4.36. The van der Waals surface area contributed by atoms with Crippen LogP contribution in [0.4, 0.5) is 0 Å². The van der Waals surface area contributed by atoms with Crippen molar-refractivity contribution >= 4 is 11.3 Å². The van der Waals surface area contributed by atoms with Gasteiger partial charge in [0.05, 0.1) is 11.2 Å². The lowest BCUT2D eigenvalue weighted by molar-refractivity contribution is 0.258. The molecule has 0 radical (unpaired) electrons. The summed E-state index contributed by atoms with van der Waals surface area (Å²) < 4.78 is 0. The van der Waals surface area contributed by atoms with E-state index in [9.17, 15) is 0 Å². The van der Waals surface area contributed by atoms with Crippen molar-refractivity contribution in [2.45, 2.75) is 57.0 Å². The van der Waals surface area contributed by atoms with Gasteiger partial charge in [0.15, 0.2) is 0 Å². The van der Waals surface area contributed by atoms with Crippen molar-refractivity contribution in [2.24, 2.45) is 5.92 Å². The Morgan fingerprint density at radius 3 is 3.05 bits per heavy atom. The van der Waals surface area contributed by atoms with E-state index < -0.39 is 0 Å². The molecule has 3 atom stereocenters. The lowest BCUT2D eigenvalue weighted by Gasteiger charge is -2.33. The van der Waals surface area contributed by atoms with Crippen molar-refractivity contribution < 1.29 is 0 Å². The molecule has 0 amide bonds. The van der Waals surface area contributed by atoms with E-state index in [2.05, 4.69) is 21.0 Å². The predicted octanol–water partition coefficient (Wildman–Crippen LogP) is 2.59. The van der Waals surface area contributed by atoms with Gasteiger partial charge in [0, 0.05) is 30.4 Å². The summed E-state index contributed by atoms with van der Waals surface area (Å²) in [6, 6.07) is 1.50. The molecule has 4 heteroatoms. The van der Waals surface area contributed by atoms with Crippen LogP contribution in [-0.4, -0.2) is 30.2 Å². The normalized spacial score (nSPS) is 31.7. The summed E-state index contributed by atoms with van der Waals surface area (Å²) in [5.74, 6) is 0.857. The summed E-state index contributed by atoms with van der Waals surface area (Å²) in [6.07, 6.45) is 9.41. The standard InChI is InChI=1S/C15H25N3S/c1-2-8-16-14(5-1)13-4-3-6-15(13)17-9-7-12-10-19-11-18-12/h10-11,13-17H,1-9H2. The first-order valence-electron chi connectivity index (χ1n) is 7.77. The summed E-state index contributed by atoms with van der Waals surface area (Å²) >= 11 is 1.70. The lowest BCUT2D eigenvalue weighted by Crippen LogP contribution is -2.47. The SMILES string of the molecule is c1nc(CCNC2CCCC2C2CCCCN2)cs1. The van der Waals surface area contributed by atoms with Crippen molar-refractivity contribution in [3.05, 3.63) is 16.6 Å². The van der Waals surface area contributed by atoms with Gasteiger partial charge >= 0.3 is 0 Å². The molecule has 2 aliphatic rings. The number of piperidine rings is 1. The Hall–Kier alpha value is -0.450. The lowest BCUT2D eigenvalue weighted by atomic mass is 9.88. The van der Waals surface area contributed by atoms with Crippen molar-refractivity contribution in [1.29, 1.82) is 0 Å². The smallest absolute Gasteiger partial charge is 0.0794 e. The van der Waals surface area contributed by atoms with E-state index in [1.807, 2.05) is 5.51 Å². The molecule has 3 nitrogen and oxygen atoms in total. The van der Waals surface area contributed by atoms with Gasteiger partial charge in [-0.3, -0.25) is 0 Å². The highest BCUT2D eigenvalue weighted by molar-refractivity contribution is 7.07. The van der Waals surface area contributed by atoms with Gasteiger partial charge in [-0.1, -0.05) is 12.8 Å². The summed E-state index contributed by atoms with van der Waals surface area (Å²) in [4.78, 5) is 4.36. The largest absolute Gasteiger partial charge is 0.314 e. The third-order valence-corrected chi connectivity index (χ3v) is 5.34. The second kappa shape index (κ2) is 6.82. The number of nitrogens with zero attached hydrogens (tertiary/aromatic N) is 1. The molecular weight excluding hydrogens is 254 g/mol. The number of thiazole rings is 1. The quantitative estimate of drug-likeness (QED) is 0.870. The molecule has 2 fully saturated rings. The fraction of sp³-hybridized carbons (Fsp3) is 0.800. The number of hydrogen-bond acceptors (Lipinski definition) is 4. The van der Waals surface area contributed by atoms with Crippen LogP contribution in [-0.2, 0) is 6.42 Å². The number of rotatable bonds is 5. The molecule has 1 aliphatic carbocycles. The highest BCUT2D eigenvalue weighted by Gasteiger charge is 2.33. The van der Waals surface area contributed by atoms with Crippen LogP contribution in [0.25, 0.3) is 0 Å². The molecule has 19 heavy (non-hydrogen) atoms. The van der Waals surface area contributed by atoms with Crippen LogP contribution in [0.1, 0.15) is 44.2 Å². The molecule has 2 N–H and O–H groups in total. The Morgan fingerprint density at radius 2 is 2.26 bits per heavy atom. The fourth-order valence-corrected chi connectivity index (χ4v) is 4.31. The minimum Gasteiger partial charge on any atom is -0.314 e. The topological polar surface area (TPSA) is 37.0 Å². The summed E-state index contributed by atoms with van der Waals surface area (Å²) in [5, 5.41) is 9.70. The average Bonchev–Trinajstić information content (AvgIpc) is 3.11. The van der Waals surface area contributed by atoms with Gasteiger partial charge in [-0.25, -0.2) is 4.98 Å². The summed E-state index contributed by atoms with van der Waals surface area (Å²) in [6.45, 7) is 2.31. The molecule has 1 aromatic rings. The van der Waals surface area contributed by atoms with E-state index in [4.69, 9.17) is 0 Å². The molecular formula is C15H25N3S. The molecule has 3 unspecified atom stereocenters. The minimum atomic E-state index is 0.731. The minimum absolute atomic E-state index is 0.731. The highest BCUT2D eigenvalue weighted by atomic mass is 32.1. The molecule has 2 heterocycles. The van der Waals surface area contributed by atoms with Crippen molar-refractivity contribution in [3.8, 4) is 0 Å². The molecule has 1 aromatic heterocycles. The van der Waals surface area contributed by atoms with E-state index in [0.717, 1.165) is 31.0 Å². The van der Waals surface area contributed by atoms with E-state index >= 15 is 0 Å². The number of hydrogen-bond donors (Lipinski definition) is 2. The third-order valence-electron chi connectivity index (χ3n) is 4.71. The number of nitrogens with one attached hydrogen (secondary N) is 2. The van der Waals surface area contributed by atoms with Gasteiger partial charge < -0.3 is 10.6 Å². The van der Waals surface area contributed by atoms with Gasteiger partial charge in [0.25, 0.3) is 0 Å². The van der Waals surface area contributed by atoms with E-state index in [0.29, 0.717) is 0 Å².